The van der Waals surface area contributed by atoms with E-state index >= 15 is 0 Å². The van der Waals surface area contributed by atoms with Crippen LogP contribution in [0.4, 0.5) is 0 Å². The van der Waals surface area contributed by atoms with Crippen LogP contribution in [0.1, 0.15) is 57.8 Å². The normalized spacial score (nSPS) is 25.8. The van der Waals surface area contributed by atoms with Crippen LogP contribution in [0.25, 0.3) is 0 Å². The van der Waals surface area contributed by atoms with Crippen molar-refractivity contribution in [2.24, 2.45) is 5.92 Å². The maximum absolute atomic E-state index is 2.52. The summed E-state index contributed by atoms with van der Waals surface area (Å²) in [6.45, 7) is 0. The molecule has 0 heteroatoms. The molecule has 12 heavy (non-hydrogen) atoms. The summed E-state index contributed by atoms with van der Waals surface area (Å²) in [5.74, 6) is 1.06. The van der Waals surface area contributed by atoms with Crippen LogP contribution in [0.15, 0.2) is 11.6 Å². The smallest absolute Gasteiger partial charge is 0.0292 e. The second-order valence-electron chi connectivity index (χ2n) is 4.46. The summed E-state index contributed by atoms with van der Waals surface area (Å²) in [5.41, 5.74) is 1.79. The zero-order valence-corrected chi connectivity index (χ0v) is 8.02. The van der Waals surface area contributed by atoms with Crippen LogP contribution in [0.5, 0.6) is 0 Å². The summed E-state index contributed by atoms with van der Waals surface area (Å²) in [6, 6.07) is 0. The minimum atomic E-state index is 1.06. The molecule has 0 aromatic carbocycles. The molecule has 0 aromatic heterocycles. The van der Waals surface area contributed by atoms with Gasteiger partial charge in [-0.2, -0.15) is 0 Å². The van der Waals surface area contributed by atoms with Crippen molar-refractivity contribution < 1.29 is 0 Å². The van der Waals surface area contributed by atoms with Gasteiger partial charge >= 0.3 is 0 Å². The van der Waals surface area contributed by atoms with E-state index < -0.39 is 0 Å². The van der Waals surface area contributed by atoms with E-state index in [1.807, 2.05) is 0 Å². The van der Waals surface area contributed by atoms with Crippen LogP contribution in [0, 0.1) is 5.92 Å². The summed E-state index contributed by atoms with van der Waals surface area (Å²) >= 11 is 0. The van der Waals surface area contributed by atoms with Crippen LogP contribution in [0.3, 0.4) is 0 Å². The minimum absolute atomic E-state index is 1.06. The third-order valence-corrected chi connectivity index (χ3v) is 3.41. The highest BCUT2D eigenvalue weighted by molar-refractivity contribution is 5.06. The molecule has 0 atom stereocenters. The highest BCUT2D eigenvalue weighted by atomic mass is 14.2. The van der Waals surface area contributed by atoms with E-state index in [0.717, 1.165) is 5.92 Å². The van der Waals surface area contributed by atoms with Gasteiger partial charge in [-0.25, -0.2) is 0 Å². The van der Waals surface area contributed by atoms with Gasteiger partial charge in [0, 0.05) is 0 Å². The van der Waals surface area contributed by atoms with Gasteiger partial charge in [-0.15, -0.1) is 0 Å². The number of hydrogen-bond donors (Lipinski definition) is 0. The van der Waals surface area contributed by atoms with Gasteiger partial charge < -0.3 is 0 Å². The van der Waals surface area contributed by atoms with Crippen molar-refractivity contribution in [3.05, 3.63) is 11.6 Å². The fourth-order valence-electron chi connectivity index (χ4n) is 2.68. The summed E-state index contributed by atoms with van der Waals surface area (Å²) in [4.78, 5) is 0. The van der Waals surface area contributed by atoms with E-state index in [9.17, 15) is 0 Å². The van der Waals surface area contributed by atoms with E-state index in [-0.39, 0.29) is 0 Å². The third-order valence-electron chi connectivity index (χ3n) is 3.41. The Morgan fingerprint density at radius 2 is 1.92 bits per heavy atom. The molecule has 2 rings (SSSR count). The average molecular weight is 164 g/mol. The maximum Gasteiger partial charge on any atom is -0.0292 e. The molecule has 68 valence electrons. The lowest BCUT2D eigenvalue weighted by Crippen LogP contribution is -1.99. The predicted octanol–water partition coefficient (Wildman–Crippen LogP) is 4.07. The van der Waals surface area contributed by atoms with Gasteiger partial charge in [-0.3, -0.25) is 0 Å². The Hall–Kier alpha value is -0.260. The van der Waals surface area contributed by atoms with Crippen molar-refractivity contribution in [3.63, 3.8) is 0 Å². The lowest BCUT2D eigenvalue weighted by Gasteiger charge is -2.16. The molecule has 0 saturated heterocycles. The molecule has 0 radical (unpaired) electrons. The highest BCUT2D eigenvalue weighted by Gasteiger charge is 2.16. The zero-order chi connectivity index (χ0) is 8.23. The largest absolute Gasteiger partial charge is 0.0853 e. The summed E-state index contributed by atoms with van der Waals surface area (Å²) in [7, 11) is 0. The summed E-state index contributed by atoms with van der Waals surface area (Å²) < 4.78 is 0. The monoisotopic (exact) mass is 164 g/mol. The van der Waals surface area contributed by atoms with E-state index in [4.69, 9.17) is 0 Å². The number of hydrogen-bond acceptors (Lipinski definition) is 0. The first-order valence-corrected chi connectivity index (χ1v) is 5.63. The topological polar surface area (TPSA) is 0 Å². The van der Waals surface area contributed by atoms with Crippen LogP contribution >= 0.6 is 0 Å². The summed E-state index contributed by atoms with van der Waals surface area (Å²) in [5, 5.41) is 0. The Kier molecular flexibility index (Phi) is 2.86. The minimum Gasteiger partial charge on any atom is -0.0853 e. The van der Waals surface area contributed by atoms with Crippen molar-refractivity contribution in [3.8, 4) is 0 Å². The standard InChI is InChI=1S/C12H20/c1-2-6-11(7-3-1)10-12-8-4-5-9-12/h6,12H,1-5,7-10H2. The molecule has 2 aliphatic rings. The molecular formula is C12H20. The SMILES string of the molecule is C1=C(CC2CCCC2)CCCC1. The van der Waals surface area contributed by atoms with Gasteiger partial charge in [0.25, 0.3) is 0 Å². The maximum atomic E-state index is 2.52. The van der Waals surface area contributed by atoms with Crippen LogP contribution in [0.2, 0.25) is 0 Å². The first kappa shape index (κ1) is 8.34. The molecule has 0 heterocycles. The molecule has 0 unspecified atom stereocenters. The molecular weight excluding hydrogens is 144 g/mol. The van der Waals surface area contributed by atoms with Gasteiger partial charge in [0.15, 0.2) is 0 Å². The van der Waals surface area contributed by atoms with Crippen molar-refractivity contribution in [2.75, 3.05) is 0 Å². The van der Waals surface area contributed by atoms with Crippen LogP contribution in [-0.4, -0.2) is 0 Å². The van der Waals surface area contributed by atoms with Gasteiger partial charge in [0.1, 0.15) is 0 Å². The number of rotatable bonds is 2. The third kappa shape index (κ3) is 2.12. The van der Waals surface area contributed by atoms with Gasteiger partial charge in [0.2, 0.25) is 0 Å². The van der Waals surface area contributed by atoms with E-state index in [0.29, 0.717) is 0 Å². The zero-order valence-electron chi connectivity index (χ0n) is 8.02. The molecule has 0 amide bonds. The highest BCUT2D eigenvalue weighted by Crippen LogP contribution is 2.33. The fraction of sp³-hybridized carbons (Fsp3) is 0.833. The van der Waals surface area contributed by atoms with Crippen molar-refractivity contribution in [2.45, 2.75) is 57.8 Å². The molecule has 1 fully saturated rings. The Morgan fingerprint density at radius 3 is 2.58 bits per heavy atom. The predicted molar refractivity (Wildman–Crippen MR) is 53.1 cm³/mol. The van der Waals surface area contributed by atoms with E-state index in [1.54, 1.807) is 5.57 Å². The molecule has 0 spiro atoms. The molecule has 0 bridgehead atoms. The van der Waals surface area contributed by atoms with Gasteiger partial charge in [-0.05, 0) is 38.0 Å². The Bertz CT molecular complexity index is 161. The number of allylic oxidation sites excluding steroid dienone is 2. The average Bonchev–Trinajstić information content (AvgIpc) is 2.59. The van der Waals surface area contributed by atoms with Gasteiger partial charge in [-0.1, -0.05) is 37.3 Å². The van der Waals surface area contributed by atoms with E-state index in [2.05, 4.69) is 6.08 Å². The molecule has 0 nitrogen and oxygen atoms in total. The van der Waals surface area contributed by atoms with Crippen LogP contribution < -0.4 is 0 Å². The van der Waals surface area contributed by atoms with Gasteiger partial charge in [0.05, 0.1) is 0 Å². The van der Waals surface area contributed by atoms with Crippen molar-refractivity contribution in [1.29, 1.82) is 0 Å². The molecule has 0 aromatic rings. The Morgan fingerprint density at radius 1 is 1.08 bits per heavy atom. The molecule has 0 aliphatic heterocycles. The lowest BCUT2D eigenvalue weighted by molar-refractivity contribution is 0.520. The van der Waals surface area contributed by atoms with Crippen molar-refractivity contribution >= 4 is 0 Å². The van der Waals surface area contributed by atoms with E-state index in [1.165, 1.54) is 57.8 Å². The Labute approximate surface area is 76.1 Å². The van der Waals surface area contributed by atoms with Crippen LogP contribution in [-0.2, 0) is 0 Å². The second-order valence-corrected chi connectivity index (χ2v) is 4.46. The molecule has 0 N–H and O–H groups in total. The fourth-order valence-corrected chi connectivity index (χ4v) is 2.68. The second kappa shape index (κ2) is 4.11. The quantitative estimate of drug-likeness (QED) is 0.540. The first-order valence-electron chi connectivity index (χ1n) is 5.63. The van der Waals surface area contributed by atoms with Crippen molar-refractivity contribution in [1.82, 2.24) is 0 Å². The Balaban J connectivity index is 1.80. The summed E-state index contributed by atoms with van der Waals surface area (Å²) in [6.07, 6.45) is 15.7. The lowest BCUT2D eigenvalue weighted by atomic mass is 9.90. The molecule has 2 aliphatic carbocycles. The first-order chi connectivity index (χ1) is 5.95. The molecule has 1 saturated carbocycles.